The Kier molecular flexibility index (Phi) is 7.20. The molecule has 0 unspecified atom stereocenters. The summed E-state index contributed by atoms with van der Waals surface area (Å²) in [6, 6.07) is 3.56. The average molecular weight is 538 g/mol. The molecular weight excluding hydrogens is 507 g/mol. The van der Waals surface area contributed by atoms with Gasteiger partial charge < -0.3 is 20.1 Å². The predicted octanol–water partition coefficient (Wildman–Crippen LogP) is 5.14. The van der Waals surface area contributed by atoms with Crippen LogP contribution in [-0.2, 0) is 18.5 Å². The summed E-state index contributed by atoms with van der Waals surface area (Å²) in [5, 5.41) is 14.5. The zero-order chi connectivity index (χ0) is 27.1. The van der Waals surface area contributed by atoms with Crippen molar-refractivity contribution in [2.45, 2.75) is 65.3 Å². The van der Waals surface area contributed by atoms with Gasteiger partial charge in [-0.05, 0) is 43.2 Å². The second-order valence-electron chi connectivity index (χ2n) is 10.3. The first-order valence-corrected chi connectivity index (χ1v) is 12.4. The summed E-state index contributed by atoms with van der Waals surface area (Å²) >= 11 is 6.44. The van der Waals surface area contributed by atoms with E-state index in [0.29, 0.717) is 29.4 Å². The van der Waals surface area contributed by atoms with E-state index in [1.54, 1.807) is 13.0 Å². The molecule has 3 N–H and O–H groups in total. The molecule has 0 saturated carbocycles. The maximum atomic E-state index is 13.5. The number of aryl methyl sites for hydroxylation is 1. The molecule has 3 aromatic rings. The molecule has 0 atom stereocenters. The van der Waals surface area contributed by atoms with Crippen LogP contribution in [0.2, 0.25) is 5.02 Å². The highest BCUT2D eigenvalue weighted by Crippen LogP contribution is 2.35. The molecule has 0 spiro atoms. The minimum absolute atomic E-state index is 0.0594. The van der Waals surface area contributed by atoms with Crippen LogP contribution < -0.4 is 10.6 Å². The second-order valence-corrected chi connectivity index (χ2v) is 10.7. The molecule has 200 valence electrons. The van der Waals surface area contributed by atoms with E-state index in [9.17, 15) is 18.0 Å². The third kappa shape index (κ3) is 5.87. The highest BCUT2D eigenvalue weighted by atomic mass is 35.5. The van der Waals surface area contributed by atoms with Gasteiger partial charge in [-0.2, -0.15) is 18.3 Å². The monoisotopic (exact) mass is 537 g/mol. The third-order valence-electron chi connectivity index (χ3n) is 6.25. The van der Waals surface area contributed by atoms with E-state index in [-0.39, 0.29) is 35.2 Å². The van der Waals surface area contributed by atoms with Crippen LogP contribution in [-0.4, -0.2) is 55.9 Å². The first-order chi connectivity index (χ1) is 17.3. The van der Waals surface area contributed by atoms with Gasteiger partial charge in [0.1, 0.15) is 18.1 Å². The van der Waals surface area contributed by atoms with E-state index < -0.39 is 18.6 Å². The van der Waals surface area contributed by atoms with Gasteiger partial charge in [-0.25, -0.2) is 4.98 Å². The number of carbonyl (C=O) groups excluding carboxylic acids is 1. The lowest BCUT2D eigenvalue weighted by Crippen LogP contribution is -2.57. The summed E-state index contributed by atoms with van der Waals surface area (Å²) in [6.45, 7) is 9.37. The number of nitrogens with one attached hydrogen (secondary N) is 3. The Morgan fingerprint density at radius 3 is 2.59 bits per heavy atom. The molecule has 1 aromatic carbocycles. The Hall–Kier alpha value is -3.21. The van der Waals surface area contributed by atoms with Gasteiger partial charge in [-0.3, -0.25) is 9.89 Å². The summed E-state index contributed by atoms with van der Waals surface area (Å²) in [4.78, 5) is 19.3. The zero-order valence-electron chi connectivity index (χ0n) is 21.4. The molecule has 3 heterocycles. The molecule has 1 saturated heterocycles. The van der Waals surface area contributed by atoms with Crippen molar-refractivity contribution in [1.29, 1.82) is 0 Å². The van der Waals surface area contributed by atoms with Crippen molar-refractivity contribution < 1.29 is 18.0 Å². The molecule has 1 aliphatic heterocycles. The van der Waals surface area contributed by atoms with Gasteiger partial charge in [0.15, 0.2) is 5.82 Å². The Labute approximate surface area is 218 Å². The van der Waals surface area contributed by atoms with Crippen LogP contribution in [0.3, 0.4) is 0 Å². The van der Waals surface area contributed by atoms with E-state index in [2.05, 4.69) is 25.8 Å². The van der Waals surface area contributed by atoms with Crippen LogP contribution in [0.5, 0.6) is 0 Å². The first-order valence-electron chi connectivity index (χ1n) is 12.0. The first kappa shape index (κ1) is 26.8. The number of benzene rings is 1. The van der Waals surface area contributed by atoms with Crippen molar-refractivity contribution in [3.8, 4) is 0 Å². The van der Waals surface area contributed by atoms with E-state index in [4.69, 9.17) is 11.6 Å². The van der Waals surface area contributed by atoms with Crippen molar-refractivity contribution in [3.63, 3.8) is 0 Å². The predicted molar refractivity (Wildman–Crippen MR) is 138 cm³/mol. The Balaban J connectivity index is 1.59. The second kappa shape index (κ2) is 9.92. The largest absolute Gasteiger partial charge is 0.406 e. The molecule has 0 radical (unpaired) electrons. The maximum Gasteiger partial charge on any atom is 0.406 e. The molecule has 1 amide bonds. The third-order valence-corrected chi connectivity index (χ3v) is 6.56. The normalized spacial score (nSPS) is 15.0. The number of carbonyl (C=O) groups is 1. The number of hydrogen-bond acceptors (Lipinski definition) is 5. The van der Waals surface area contributed by atoms with Crippen LogP contribution in [0, 0.1) is 6.92 Å². The quantitative estimate of drug-likeness (QED) is 0.388. The summed E-state index contributed by atoms with van der Waals surface area (Å²) in [7, 11) is 0. The number of aromatic nitrogens is 4. The van der Waals surface area contributed by atoms with E-state index in [0.717, 1.165) is 15.5 Å². The van der Waals surface area contributed by atoms with E-state index >= 15 is 0 Å². The number of fused-ring (bicyclic) bond motifs is 1. The Morgan fingerprint density at radius 1 is 1.27 bits per heavy atom. The molecule has 1 fully saturated rings. The molecule has 4 rings (SSSR count). The fraction of sp³-hybridized carbons (Fsp3) is 0.480. The van der Waals surface area contributed by atoms with E-state index in [1.165, 1.54) is 0 Å². The van der Waals surface area contributed by atoms with Gasteiger partial charge in [0.05, 0.1) is 23.8 Å². The zero-order valence-corrected chi connectivity index (χ0v) is 22.2. The lowest BCUT2D eigenvalue weighted by Gasteiger charge is -2.38. The number of halogens is 4. The molecule has 2 aromatic heterocycles. The Morgan fingerprint density at radius 2 is 1.97 bits per heavy atom. The van der Waals surface area contributed by atoms with Crippen LogP contribution in [0.25, 0.3) is 10.9 Å². The number of imidazole rings is 1. The number of H-pyrrole nitrogens is 1. The molecule has 37 heavy (non-hydrogen) atoms. The number of alkyl halides is 3. The number of anilines is 1. The van der Waals surface area contributed by atoms with Gasteiger partial charge in [0, 0.05) is 23.5 Å². The molecule has 8 nitrogen and oxygen atoms in total. The van der Waals surface area contributed by atoms with Crippen molar-refractivity contribution in [3.05, 3.63) is 52.2 Å². The summed E-state index contributed by atoms with van der Waals surface area (Å²) < 4.78 is 41.5. The van der Waals surface area contributed by atoms with Gasteiger partial charge in [0.2, 0.25) is 0 Å². The standard InChI is InChI=1S/C25H31ClF3N7O/c1-6-7-35-11-15(12-35)32-23(37)21-14(2)31-20(36(21)13-25(27,28)29)10-30-22-16-8-17(24(3,4)5)18(26)9-19(16)33-34-22/h6-9,15H,10-13H2,1-5H3,(H,32,37)(H2,30,33,34). The summed E-state index contributed by atoms with van der Waals surface area (Å²) in [6.07, 6.45) is -0.739. The molecular formula is C25H31ClF3N7O. The topological polar surface area (TPSA) is 90.9 Å². The van der Waals surface area contributed by atoms with Gasteiger partial charge >= 0.3 is 6.18 Å². The lowest BCUT2D eigenvalue weighted by molar-refractivity contribution is -0.141. The molecule has 0 bridgehead atoms. The Bertz CT molecular complexity index is 1330. The van der Waals surface area contributed by atoms with Crippen LogP contribution in [0.15, 0.2) is 24.4 Å². The van der Waals surface area contributed by atoms with Crippen LogP contribution in [0.1, 0.15) is 55.3 Å². The van der Waals surface area contributed by atoms with Crippen molar-refractivity contribution in [1.82, 2.24) is 30.0 Å². The number of aromatic amines is 1. The lowest BCUT2D eigenvalue weighted by atomic mass is 9.86. The van der Waals surface area contributed by atoms with Gasteiger partial charge in [-0.1, -0.05) is 38.4 Å². The smallest absolute Gasteiger partial charge is 0.373 e. The molecule has 1 aliphatic rings. The van der Waals surface area contributed by atoms with Crippen molar-refractivity contribution >= 4 is 34.2 Å². The van der Waals surface area contributed by atoms with Crippen LogP contribution in [0.4, 0.5) is 19.0 Å². The van der Waals surface area contributed by atoms with Gasteiger partial charge in [0.25, 0.3) is 5.91 Å². The highest BCUT2D eigenvalue weighted by molar-refractivity contribution is 6.32. The van der Waals surface area contributed by atoms with E-state index in [1.807, 2.05) is 50.9 Å². The number of allylic oxidation sites excluding steroid dienone is 1. The number of hydrogen-bond donors (Lipinski definition) is 3. The molecule has 12 heteroatoms. The number of rotatable bonds is 7. The summed E-state index contributed by atoms with van der Waals surface area (Å²) in [5.74, 6) is -0.0217. The minimum atomic E-state index is -4.53. The average Bonchev–Trinajstić information content (AvgIpc) is 3.27. The van der Waals surface area contributed by atoms with Crippen molar-refractivity contribution in [2.75, 3.05) is 18.4 Å². The van der Waals surface area contributed by atoms with Crippen molar-refractivity contribution in [2.24, 2.45) is 0 Å². The minimum Gasteiger partial charge on any atom is -0.373 e. The number of amides is 1. The number of likely N-dealkylation sites (tertiary alicyclic amines) is 1. The number of nitrogens with zero attached hydrogens (tertiary/aromatic N) is 4. The maximum absolute atomic E-state index is 13.5. The highest BCUT2D eigenvalue weighted by Gasteiger charge is 2.34. The summed E-state index contributed by atoms with van der Waals surface area (Å²) in [5.41, 5.74) is 1.54. The molecule has 0 aliphatic carbocycles. The van der Waals surface area contributed by atoms with Crippen LogP contribution >= 0.6 is 11.6 Å². The fourth-order valence-electron chi connectivity index (χ4n) is 4.50. The SMILES string of the molecule is CC=CN1CC(NC(=O)c2c(C)nc(CNc3n[nH]c4cc(Cl)c(C(C)(C)C)cc34)n2CC(F)(F)F)C1. The fourth-order valence-corrected chi connectivity index (χ4v) is 4.95. The van der Waals surface area contributed by atoms with Gasteiger partial charge in [-0.15, -0.1) is 0 Å².